The lowest BCUT2D eigenvalue weighted by Crippen LogP contribution is -2.10. The minimum Gasteiger partial charge on any atom is -0.387 e. The van der Waals surface area contributed by atoms with Gasteiger partial charge in [-0.05, 0) is 115 Å². The van der Waals surface area contributed by atoms with Gasteiger partial charge in [0, 0.05) is 23.2 Å². The summed E-state index contributed by atoms with van der Waals surface area (Å²) in [7, 11) is 0. The van der Waals surface area contributed by atoms with Crippen LogP contribution < -0.4 is 5.32 Å². The number of para-hydroxylation sites is 1. The van der Waals surface area contributed by atoms with E-state index in [0.29, 0.717) is 0 Å². The Labute approximate surface area is 297 Å². The quantitative estimate of drug-likeness (QED) is 0.183. The predicted molar refractivity (Wildman–Crippen MR) is 216 cm³/mol. The van der Waals surface area contributed by atoms with Crippen LogP contribution in [0.15, 0.2) is 182 Å². The highest BCUT2D eigenvalue weighted by Crippen LogP contribution is 2.45. The molecule has 0 radical (unpaired) electrons. The molecule has 0 amide bonds. The molecule has 0 saturated heterocycles. The Bertz CT molecular complexity index is 2770. The van der Waals surface area contributed by atoms with E-state index < -0.39 is 0 Å². The first-order valence-corrected chi connectivity index (χ1v) is 17.6. The van der Waals surface area contributed by atoms with Gasteiger partial charge in [0.15, 0.2) is 0 Å². The van der Waals surface area contributed by atoms with E-state index in [0.717, 1.165) is 6.54 Å². The normalized spacial score (nSPS) is 12.3. The van der Waals surface area contributed by atoms with Crippen LogP contribution in [0.25, 0.3) is 88.7 Å². The second kappa shape index (κ2) is 12.0. The van der Waals surface area contributed by atoms with E-state index in [-0.39, 0.29) is 0 Å². The van der Waals surface area contributed by atoms with Gasteiger partial charge < -0.3 is 9.88 Å². The largest absolute Gasteiger partial charge is 0.387 e. The molecule has 0 spiro atoms. The molecule has 10 rings (SSSR count). The molecule has 0 fully saturated rings. The summed E-state index contributed by atoms with van der Waals surface area (Å²) in [5, 5.41) is 9.80. The molecule has 2 nitrogen and oxygen atoms in total. The monoisotopic (exact) mass is 650 g/mol. The second-order valence-electron chi connectivity index (χ2n) is 13.3. The van der Waals surface area contributed by atoms with Crippen molar-refractivity contribution >= 4 is 38.5 Å². The van der Waals surface area contributed by atoms with E-state index in [4.69, 9.17) is 0 Å². The molecule has 1 aromatic heterocycles. The van der Waals surface area contributed by atoms with Crippen molar-refractivity contribution in [2.45, 2.75) is 6.54 Å². The number of rotatable bonds is 5. The van der Waals surface area contributed by atoms with Crippen molar-refractivity contribution in [2.24, 2.45) is 0 Å². The zero-order valence-electron chi connectivity index (χ0n) is 28.1. The number of fused-ring (bicyclic) bond motifs is 5. The highest BCUT2D eigenvalue weighted by Gasteiger charge is 2.20. The highest BCUT2D eigenvalue weighted by molar-refractivity contribution is 6.22. The van der Waals surface area contributed by atoms with Gasteiger partial charge in [0.1, 0.15) is 0 Å². The third kappa shape index (κ3) is 4.87. The third-order valence-corrected chi connectivity index (χ3v) is 10.4. The fourth-order valence-electron chi connectivity index (χ4n) is 8.14. The molecule has 51 heavy (non-hydrogen) atoms. The van der Waals surface area contributed by atoms with Crippen LogP contribution in [-0.4, -0.2) is 4.57 Å². The summed E-state index contributed by atoms with van der Waals surface area (Å²) >= 11 is 0. The molecule has 2 heteroatoms. The van der Waals surface area contributed by atoms with Crippen LogP contribution in [0, 0.1) is 0 Å². The first-order valence-electron chi connectivity index (χ1n) is 17.6. The van der Waals surface area contributed by atoms with Crippen molar-refractivity contribution in [1.29, 1.82) is 0 Å². The van der Waals surface area contributed by atoms with Gasteiger partial charge in [0.2, 0.25) is 0 Å². The fraction of sp³-hybridized carbons (Fsp3) is 0.0204. The molecular weight excluding hydrogens is 617 g/mol. The SMILES string of the molecule is C1=Cc2c(c3cc(-c4cccc(-c5ccc6c(-c7ccccc7)c7ccccc7c(-c7ccccc7)c6c5)c4)ccc3n2-c2ccccc2)CN1. The average Bonchev–Trinajstić information content (AvgIpc) is 3.54. The Morgan fingerprint density at radius 3 is 1.57 bits per heavy atom. The lowest BCUT2D eigenvalue weighted by molar-refractivity contribution is 0.855. The minimum atomic E-state index is 0.812. The van der Waals surface area contributed by atoms with Gasteiger partial charge in [-0.1, -0.05) is 140 Å². The van der Waals surface area contributed by atoms with Crippen LogP contribution in [0.2, 0.25) is 0 Å². The summed E-state index contributed by atoms with van der Waals surface area (Å²) in [4.78, 5) is 0. The average molecular weight is 651 g/mol. The number of hydrogen-bond donors (Lipinski definition) is 1. The van der Waals surface area contributed by atoms with Gasteiger partial charge >= 0.3 is 0 Å². The van der Waals surface area contributed by atoms with E-state index in [1.807, 2.05) is 0 Å². The summed E-state index contributed by atoms with van der Waals surface area (Å²) in [6.07, 6.45) is 4.26. The maximum atomic E-state index is 3.45. The molecule has 2 heterocycles. The summed E-state index contributed by atoms with van der Waals surface area (Å²) < 4.78 is 2.38. The van der Waals surface area contributed by atoms with Crippen molar-refractivity contribution in [3.8, 4) is 50.2 Å². The van der Waals surface area contributed by atoms with Crippen LogP contribution in [0.4, 0.5) is 0 Å². The Kier molecular flexibility index (Phi) is 6.92. The standard InChI is InChI=1S/C49H34N2/c1-4-13-33(14-5-1)48-40-21-10-11-22-41(40)49(34-15-6-2-7-16-34)44-31-37(23-25-42(44)48)35-17-12-18-36(29-35)38-24-26-46-43(30-38)45-32-50-28-27-47(45)51(46)39-19-8-3-9-20-39/h1-31,50H,32H2. The first kappa shape index (κ1) is 29.3. The van der Waals surface area contributed by atoms with E-state index in [9.17, 15) is 0 Å². The molecule has 240 valence electrons. The molecule has 9 aromatic rings. The summed E-state index contributed by atoms with van der Waals surface area (Å²) in [5.74, 6) is 0. The molecule has 1 aliphatic rings. The molecule has 0 aliphatic carbocycles. The molecule has 0 unspecified atom stereocenters. The Balaban J connectivity index is 1.15. The van der Waals surface area contributed by atoms with E-state index in [2.05, 4.69) is 198 Å². The maximum absolute atomic E-state index is 3.45. The molecule has 1 N–H and O–H groups in total. The zero-order valence-corrected chi connectivity index (χ0v) is 28.1. The number of nitrogens with zero attached hydrogens (tertiary/aromatic N) is 1. The molecule has 0 atom stereocenters. The van der Waals surface area contributed by atoms with E-state index in [1.54, 1.807) is 0 Å². The number of aromatic nitrogens is 1. The molecular formula is C49H34N2. The van der Waals surface area contributed by atoms with Gasteiger partial charge in [0.05, 0.1) is 11.2 Å². The Morgan fingerprint density at radius 1 is 0.392 bits per heavy atom. The van der Waals surface area contributed by atoms with Crippen molar-refractivity contribution in [1.82, 2.24) is 9.88 Å². The molecule has 1 aliphatic heterocycles. The topological polar surface area (TPSA) is 17.0 Å². The zero-order chi connectivity index (χ0) is 33.7. The third-order valence-electron chi connectivity index (χ3n) is 10.4. The van der Waals surface area contributed by atoms with E-state index in [1.165, 1.54) is 93.9 Å². The van der Waals surface area contributed by atoms with E-state index >= 15 is 0 Å². The van der Waals surface area contributed by atoms with Gasteiger partial charge in [-0.25, -0.2) is 0 Å². The van der Waals surface area contributed by atoms with Crippen LogP contribution in [-0.2, 0) is 6.54 Å². The van der Waals surface area contributed by atoms with Crippen molar-refractivity contribution in [2.75, 3.05) is 0 Å². The molecule has 0 saturated carbocycles. The van der Waals surface area contributed by atoms with Gasteiger partial charge in [-0.2, -0.15) is 0 Å². The Morgan fingerprint density at radius 2 is 0.902 bits per heavy atom. The van der Waals surface area contributed by atoms with Crippen molar-refractivity contribution in [3.05, 3.63) is 193 Å². The number of nitrogens with one attached hydrogen (secondary N) is 1. The predicted octanol–water partition coefficient (Wildman–Crippen LogP) is 12.7. The summed E-state index contributed by atoms with van der Waals surface area (Å²) in [6.45, 7) is 0.812. The lowest BCUT2D eigenvalue weighted by atomic mass is 9.85. The highest BCUT2D eigenvalue weighted by atomic mass is 15.0. The second-order valence-corrected chi connectivity index (χ2v) is 13.3. The molecule has 8 aromatic carbocycles. The van der Waals surface area contributed by atoms with Crippen molar-refractivity contribution in [3.63, 3.8) is 0 Å². The lowest BCUT2D eigenvalue weighted by Gasteiger charge is -2.19. The maximum Gasteiger partial charge on any atom is 0.0538 e. The smallest absolute Gasteiger partial charge is 0.0538 e. The van der Waals surface area contributed by atoms with Crippen LogP contribution in [0.3, 0.4) is 0 Å². The Hall–Kier alpha value is -6.64. The van der Waals surface area contributed by atoms with Gasteiger partial charge in [-0.15, -0.1) is 0 Å². The van der Waals surface area contributed by atoms with Crippen LogP contribution in [0.5, 0.6) is 0 Å². The number of benzene rings is 8. The van der Waals surface area contributed by atoms with Gasteiger partial charge in [0.25, 0.3) is 0 Å². The first-order chi connectivity index (χ1) is 25.3. The summed E-state index contributed by atoms with van der Waals surface area (Å²) in [6, 6.07) is 64.2. The molecule has 0 bridgehead atoms. The van der Waals surface area contributed by atoms with Crippen LogP contribution in [0.1, 0.15) is 11.3 Å². The van der Waals surface area contributed by atoms with Crippen LogP contribution >= 0.6 is 0 Å². The number of hydrogen-bond acceptors (Lipinski definition) is 1. The summed E-state index contributed by atoms with van der Waals surface area (Å²) in [5.41, 5.74) is 14.8. The minimum absolute atomic E-state index is 0.812. The van der Waals surface area contributed by atoms with Crippen molar-refractivity contribution < 1.29 is 0 Å². The van der Waals surface area contributed by atoms with Gasteiger partial charge in [-0.3, -0.25) is 0 Å². The fourth-order valence-corrected chi connectivity index (χ4v) is 8.14.